The molecule has 11 heavy (non-hydrogen) atoms. The van der Waals surface area contributed by atoms with Crippen LogP contribution in [0.25, 0.3) is 6.08 Å². The van der Waals surface area contributed by atoms with E-state index < -0.39 is 0 Å². The lowest BCUT2D eigenvalue weighted by atomic mass is 10.1. The molecule has 1 nitrogen and oxygen atoms in total. The maximum Gasteiger partial charge on any atom is 0.0991 e. The molecular weight excluding hydrogens is 202 g/mol. The minimum Gasteiger partial charge on any atom is -0.192 e. The topological polar surface area (TPSA) is 23.8 Å². The van der Waals surface area contributed by atoms with Gasteiger partial charge >= 0.3 is 0 Å². The molecule has 0 radical (unpaired) electrons. The molecule has 54 valence electrons. The van der Waals surface area contributed by atoms with Gasteiger partial charge < -0.3 is 0 Å². The first-order valence-electron chi connectivity index (χ1n) is 3.14. The van der Waals surface area contributed by atoms with E-state index in [4.69, 9.17) is 5.26 Å². The monoisotopic (exact) mass is 207 g/mol. The van der Waals surface area contributed by atoms with E-state index >= 15 is 0 Å². The number of rotatable bonds is 1. The number of benzene rings is 1. The maximum atomic E-state index is 8.54. The SMILES string of the molecule is N#Cc1cccc(C=CBr)c1. The minimum absolute atomic E-state index is 0.688. The maximum absolute atomic E-state index is 8.54. The summed E-state index contributed by atoms with van der Waals surface area (Å²) in [6.07, 6.45) is 1.89. The van der Waals surface area contributed by atoms with Crippen molar-refractivity contribution in [1.82, 2.24) is 0 Å². The third-order valence-corrected chi connectivity index (χ3v) is 1.54. The first-order valence-corrected chi connectivity index (χ1v) is 4.05. The highest BCUT2D eigenvalue weighted by molar-refractivity contribution is 9.11. The van der Waals surface area contributed by atoms with Gasteiger partial charge in [0.2, 0.25) is 0 Å². The predicted octanol–water partition coefficient (Wildman–Crippen LogP) is 2.92. The average molecular weight is 208 g/mol. The van der Waals surface area contributed by atoms with Gasteiger partial charge in [-0.2, -0.15) is 5.26 Å². The van der Waals surface area contributed by atoms with Crippen LogP contribution in [0.4, 0.5) is 0 Å². The van der Waals surface area contributed by atoms with E-state index in [2.05, 4.69) is 22.0 Å². The Bertz CT molecular complexity index is 310. The number of nitriles is 1. The van der Waals surface area contributed by atoms with Crippen LogP contribution >= 0.6 is 15.9 Å². The number of hydrogen-bond acceptors (Lipinski definition) is 1. The van der Waals surface area contributed by atoms with Crippen LogP contribution in [-0.2, 0) is 0 Å². The summed E-state index contributed by atoms with van der Waals surface area (Å²) in [4.78, 5) is 1.77. The Morgan fingerprint density at radius 2 is 2.27 bits per heavy atom. The van der Waals surface area contributed by atoms with Gasteiger partial charge in [-0.3, -0.25) is 0 Å². The molecule has 0 saturated carbocycles. The van der Waals surface area contributed by atoms with Crippen molar-refractivity contribution in [2.45, 2.75) is 0 Å². The number of hydrogen-bond donors (Lipinski definition) is 0. The van der Waals surface area contributed by atoms with Crippen molar-refractivity contribution in [2.75, 3.05) is 0 Å². The Morgan fingerprint density at radius 3 is 2.91 bits per heavy atom. The average Bonchev–Trinajstić information content (AvgIpc) is 2.06. The van der Waals surface area contributed by atoms with Crippen LogP contribution in [0.1, 0.15) is 11.1 Å². The van der Waals surface area contributed by atoms with Crippen molar-refractivity contribution in [3.05, 3.63) is 40.4 Å². The summed E-state index contributed by atoms with van der Waals surface area (Å²) < 4.78 is 0. The predicted molar refractivity (Wildman–Crippen MR) is 49.1 cm³/mol. The zero-order valence-corrected chi connectivity index (χ0v) is 7.38. The molecule has 0 bridgehead atoms. The van der Waals surface area contributed by atoms with E-state index in [1.807, 2.05) is 24.3 Å². The van der Waals surface area contributed by atoms with Crippen molar-refractivity contribution in [3.63, 3.8) is 0 Å². The van der Waals surface area contributed by atoms with E-state index in [-0.39, 0.29) is 0 Å². The van der Waals surface area contributed by atoms with Gasteiger partial charge in [0.1, 0.15) is 0 Å². The molecule has 1 aromatic rings. The first kappa shape index (κ1) is 8.03. The third kappa shape index (κ3) is 2.21. The molecule has 1 aromatic carbocycles. The highest BCUT2D eigenvalue weighted by atomic mass is 79.9. The summed E-state index contributed by atoms with van der Waals surface area (Å²) in [6.45, 7) is 0. The van der Waals surface area contributed by atoms with Crippen LogP contribution in [0.15, 0.2) is 29.3 Å². The standard InChI is InChI=1S/C9H6BrN/c10-5-4-8-2-1-3-9(6-8)7-11/h1-6H. The lowest BCUT2D eigenvalue weighted by Crippen LogP contribution is -1.74. The Hall–Kier alpha value is -1.07. The van der Waals surface area contributed by atoms with E-state index in [0.29, 0.717) is 5.56 Å². The number of halogens is 1. The third-order valence-electron chi connectivity index (χ3n) is 1.27. The van der Waals surface area contributed by atoms with Crippen LogP contribution in [0.2, 0.25) is 0 Å². The Balaban J connectivity index is 3.03. The summed E-state index contributed by atoms with van der Waals surface area (Å²) >= 11 is 3.17. The fraction of sp³-hybridized carbons (Fsp3) is 0. The van der Waals surface area contributed by atoms with Gasteiger partial charge in [-0.1, -0.05) is 28.1 Å². The van der Waals surface area contributed by atoms with Gasteiger partial charge in [0.05, 0.1) is 11.6 Å². The molecule has 0 atom stereocenters. The second-order valence-electron chi connectivity index (χ2n) is 2.03. The first-order chi connectivity index (χ1) is 5.36. The van der Waals surface area contributed by atoms with Crippen molar-refractivity contribution in [3.8, 4) is 6.07 Å². The van der Waals surface area contributed by atoms with E-state index in [1.54, 1.807) is 11.1 Å². The summed E-state index contributed by atoms with van der Waals surface area (Å²) in [6, 6.07) is 9.50. The molecule has 2 heteroatoms. The molecule has 0 amide bonds. The lowest BCUT2D eigenvalue weighted by Gasteiger charge is -1.91. The summed E-state index contributed by atoms with van der Waals surface area (Å²) in [7, 11) is 0. The molecule has 0 unspecified atom stereocenters. The fourth-order valence-corrected chi connectivity index (χ4v) is 1.09. The molecule has 0 fully saturated rings. The molecule has 0 aliphatic carbocycles. The van der Waals surface area contributed by atoms with E-state index in [9.17, 15) is 0 Å². The molecule has 0 aliphatic heterocycles. The molecule has 0 aliphatic rings. The lowest BCUT2D eigenvalue weighted by molar-refractivity contribution is 1.48. The fourth-order valence-electron chi connectivity index (χ4n) is 0.785. The van der Waals surface area contributed by atoms with Gasteiger partial charge in [-0.25, -0.2) is 0 Å². The Labute approximate surface area is 74.1 Å². The summed E-state index contributed by atoms with van der Waals surface area (Å²) in [5.41, 5.74) is 1.72. The van der Waals surface area contributed by atoms with E-state index in [1.165, 1.54) is 0 Å². The number of nitrogens with zero attached hydrogens (tertiary/aromatic N) is 1. The molecule has 0 aromatic heterocycles. The van der Waals surface area contributed by atoms with Crippen LogP contribution in [0, 0.1) is 11.3 Å². The molecule has 1 rings (SSSR count). The van der Waals surface area contributed by atoms with Crippen molar-refractivity contribution >= 4 is 22.0 Å². The van der Waals surface area contributed by atoms with Crippen molar-refractivity contribution in [1.29, 1.82) is 5.26 Å². The van der Waals surface area contributed by atoms with Gasteiger partial charge in [0, 0.05) is 0 Å². The quantitative estimate of drug-likeness (QED) is 0.695. The van der Waals surface area contributed by atoms with Gasteiger partial charge in [0.25, 0.3) is 0 Å². The molecule has 0 spiro atoms. The normalized spacial score (nSPS) is 9.82. The zero-order valence-electron chi connectivity index (χ0n) is 5.79. The smallest absolute Gasteiger partial charge is 0.0991 e. The largest absolute Gasteiger partial charge is 0.192 e. The second kappa shape index (κ2) is 3.95. The molecule has 0 N–H and O–H groups in total. The van der Waals surface area contributed by atoms with E-state index in [0.717, 1.165) is 5.56 Å². The molecule has 0 heterocycles. The van der Waals surface area contributed by atoms with Gasteiger partial charge in [-0.15, -0.1) is 0 Å². The molecular formula is C9H6BrN. The van der Waals surface area contributed by atoms with Gasteiger partial charge in [-0.05, 0) is 28.8 Å². The highest BCUT2D eigenvalue weighted by Gasteiger charge is 1.88. The summed E-state index contributed by atoms with van der Waals surface area (Å²) in [5, 5.41) is 8.54. The van der Waals surface area contributed by atoms with Crippen LogP contribution in [0.5, 0.6) is 0 Å². The van der Waals surface area contributed by atoms with Crippen molar-refractivity contribution in [2.24, 2.45) is 0 Å². The van der Waals surface area contributed by atoms with Crippen molar-refractivity contribution < 1.29 is 0 Å². The van der Waals surface area contributed by atoms with Crippen LogP contribution in [0.3, 0.4) is 0 Å². The summed E-state index contributed by atoms with van der Waals surface area (Å²) in [5.74, 6) is 0. The zero-order chi connectivity index (χ0) is 8.10. The van der Waals surface area contributed by atoms with Crippen LogP contribution < -0.4 is 0 Å². The second-order valence-corrected chi connectivity index (χ2v) is 2.56. The Morgan fingerprint density at radius 1 is 1.45 bits per heavy atom. The molecule has 0 saturated heterocycles. The minimum atomic E-state index is 0.688. The van der Waals surface area contributed by atoms with Crippen LogP contribution in [-0.4, -0.2) is 0 Å². The van der Waals surface area contributed by atoms with Gasteiger partial charge in [0.15, 0.2) is 0 Å². The highest BCUT2D eigenvalue weighted by Crippen LogP contribution is 2.06. The Kier molecular flexibility index (Phi) is 2.88.